The number of rotatable bonds is 3. The van der Waals surface area contributed by atoms with Crippen molar-refractivity contribution >= 4 is 33.7 Å². The fourth-order valence-electron chi connectivity index (χ4n) is 3.13. The summed E-state index contributed by atoms with van der Waals surface area (Å²) < 4.78 is 5.93. The molecule has 0 bridgehead atoms. The number of pyridine rings is 1. The second-order valence-electron chi connectivity index (χ2n) is 6.23. The van der Waals surface area contributed by atoms with Crippen molar-refractivity contribution in [2.24, 2.45) is 0 Å². The number of nitrogens with one attached hydrogen (secondary N) is 1. The summed E-state index contributed by atoms with van der Waals surface area (Å²) in [5.41, 5.74) is 4.48. The number of H-pyrrole nitrogens is 1. The molecule has 0 spiro atoms. The molecule has 3 heterocycles. The summed E-state index contributed by atoms with van der Waals surface area (Å²) in [6.45, 7) is 0. The van der Waals surface area contributed by atoms with Crippen LogP contribution in [0.3, 0.4) is 0 Å². The van der Waals surface area contributed by atoms with Crippen molar-refractivity contribution in [2.45, 2.75) is 6.42 Å². The highest BCUT2D eigenvalue weighted by Gasteiger charge is 2.10. The Labute approximate surface area is 154 Å². The van der Waals surface area contributed by atoms with Gasteiger partial charge in [-0.3, -0.25) is 0 Å². The van der Waals surface area contributed by atoms with E-state index in [2.05, 4.69) is 15.0 Å². The molecule has 0 aliphatic carbocycles. The lowest BCUT2D eigenvalue weighted by Gasteiger charge is -1.98. The molecule has 4 nitrogen and oxygen atoms in total. The first kappa shape index (κ1) is 15.2. The van der Waals surface area contributed by atoms with Crippen LogP contribution < -0.4 is 0 Å². The van der Waals surface area contributed by atoms with Gasteiger partial charge in [-0.2, -0.15) is 0 Å². The summed E-state index contributed by atoms with van der Waals surface area (Å²) >= 11 is 6.06. The van der Waals surface area contributed by atoms with Crippen molar-refractivity contribution in [2.75, 3.05) is 0 Å². The molecule has 126 valence electrons. The molecule has 0 aliphatic rings. The third-order valence-electron chi connectivity index (χ3n) is 4.36. The third-order valence-corrected chi connectivity index (χ3v) is 4.59. The zero-order valence-corrected chi connectivity index (χ0v) is 14.5. The molecule has 1 N–H and O–H groups in total. The summed E-state index contributed by atoms with van der Waals surface area (Å²) in [6.07, 6.45) is 2.47. The number of furan rings is 1. The van der Waals surface area contributed by atoms with E-state index in [9.17, 15) is 0 Å². The van der Waals surface area contributed by atoms with Crippen molar-refractivity contribution in [3.05, 3.63) is 83.3 Å². The Morgan fingerprint density at radius 1 is 1.00 bits per heavy atom. The quantitative estimate of drug-likeness (QED) is 0.455. The lowest BCUT2D eigenvalue weighted by Crippen LogP contribution is -1.90. The van der Waals surface area contributed by atoms with Crippen LogP contribution >= 0.6 is 11.6 Å². The van der Waals surface area contributed by atoms with Crippen LogP contribution in [0.15, 0.2) is 71.3 Å². The molecular weight excluding hydrogens is 346 g/mol. The summed E-state index contributed by atoms with van der Waals surface area (Å²) in [5.74, 6) is 1.66. The number of fused-ring (bicyclic) bond motifs is 2. The van der Waals surface area contributed by atoms with Crippen molar-refractivity contribution in [3.63, 3.8) is 0 Å². The van der Waals surface area contributed by atoms with Gasteiger partial charge in [0.1, 0.15) is 17.2 Å². The molecule has 3 aromatic heterocycles. The Hall–Kier alpha value is -3.11. The smallest absolute Gasteiger partial charge is 0.177 e. The lowest BCUT2D eigenvalue weighted by atomic mass is 10.1. The van der Waals surface area contributed by atoms with Gasteiger partial charge in [0.2, 0.25) is 0 Å². The SMILES string of the molecule is Clc1cccc(Cc2nc3ncc(-c4cc5ccccc5o4)cc3[nH]2)c1. The molecule has 26 heavy (non-hydrogen) atoms. The largest absolute Gasteiger partial charge is 0.456 e. The number of benzene rings is 2. The van der Waals surface area contributed by atoms with Crippen molar-refractivity contribution in [3.8, 4) is 11.3 Å². The molecule has 5 rings (SSSR count). The first-order valence-corrected chi connectivity index (χ1v) is 8.70. The van der Waals surface area contributed by atoms with Crippen LogP contribution in [0.2, 0.25) is 5.02 Å². The van der Waals surface area contributed by atoms with E-state index in [1.807, 2.05) is 60.7 Å². The number of hydrogen-bond acceptors (Lipinski definition) is 3. The Bertz CT molecular complexity index is 1210. The van der Waals surface area contributed by atoms with Crippen LogP contribution in [0.4, 0.5) is 0 Å². The molecule has 0 radical (unpaired) electrons. The average Bonchev–Trinajstić information content (AvgIpc) is 3.24. The molecule has 0 atom stereocenters. The molecular formula is C21H14ClN3O. The maximum atomic E-state index is 6.06. The molecule has 0 fully saturated rings. The zero-order valence-electron chi connectivity index (χ0n) is 13.7. The molecule has 5 heteroatoms. The fraction of sp³-hybridized carbons (Fsp3) is 0.0476. The molecule has 2 aromatic carbocycles. The second kappa shape index (κ2) is 6.00. The molecule has 5 aromatic rings. The van der Waals surface area contributed by atoms with E-state index >= 15 is 0 Å². The summed E-state index contributed by atoms with van der Waals surface area (Å²) in [4.78, 5) is 12.4. The number of aromatic amines is 1. The van der Waals surface area contributed by atoms with Gasteiger partial charge in [0.25, 0.3) is 0 Å². The topological polar surface area (TPSA) is 54.7 Å². The highest BCUT2D eigenvalue weighted by Crippen LogP contribution is 2.28. The Morgan fingerprint density at radius 2 is 1.92 bits per heavy atom. The maximum absolute atomic E-state index is 6.06. The minimum atomic E-state index is 0.677. The van der Waals surface area contributed by atoms with Crippen molar-refractivity contribution in [1.82, 2.24) is 15.0 Å². The summed E-state index contributed by atoms with van der Waals surface area (Å²) in [6, 6.07) is 19.8. The van der Waals surface area contributed by atoms with Crippen LogP contribution in [-0.2, 0) is 6.42 Å². The van der Waals surface area contributed by atoms with Crippen molar-refractivity contribution < 1.29 is 4.42 Å². The average molecular weight is 360 g/mol. The number of imidazole rings is 1. The summed E-state index contributed by atoms with van der Waals surface area (Å²) in [7, 11) is 0. The number of aromatic nitrogens is 3. The van der Waals surface area contributed by atoms with E-state index in [0.717, 1.165) is 44.2 Å². The highest BCUT2D eigenvalue weighted by molar-refractivity contribution is 6.30. The van der Waals surface area contributed by atoms with Gasteiger partial charge in [-0.1, -0.05) is 41.9 Å². The maximum Gasteiger partial charge on any atom is 0.177 e. The predicted octanol–water partition coefficient (Wildman–Crippen LogP) is 5.62. The van der Waals surface area contributed by atoms with Crippen LogP contribution in [-0.4, -0.2) is 15.0 Å². The predicted molar refractivity (Wildman–Crippen MR) is 103 cm³/mol. The van der Waals surface area contributed by atoms with Crippen LogP contribution in [0.5, 0.6) is 0 Å². The Kier molecular flexibility index (Phi) is 3.50. The standard InChI is InChI=1S/C21H14ClN3O/c22-16-6-3-4-13(8-16)9-20-24-17-10-15(12-23-21(17)25-20)19-11-14-5-1-2-7-18(14)26-19/h1-8,10-12H,9H2,(H,23,24,25). The molecule has 0 aliphatic heterocycles. The normalized spacial score (nSPS) is 11.4. The number of para-hydroxylation sites is 1. The minimum Gasteiger partial charge on any atom is -0.456 e. The monoisotopic (exact) mass is 359 g/mol. The van der Waals surface area contributed by atoms with E-state index in [4.69, 9.17) is 16.0 Å². The van der Waals surface area contributed by atoms with E-state index in [-0.39, 0.29) is 0 Å². The van der Waals surface area contributed by atoms with Crippen LogP contribution in [0.1, 0.15) is 11.4 Å². The first-order valence-electron chi connectivity index (χ1n) is 8.33. The van der Waals surface area contributed by atoms with Crippen molar-refractivity contribution in [1.29, 1.82) is 0 Å². The van der Waals surface area contributed by atoms with Gasteiger partial charge in [0.15, 0.2) is 5.65 Å². The molecule has 0 saturated heterocycles. The van der Waals surface area contributed by atoms with Crippen LogP contribution in [0, 0.1) is 0 Å². The van der Waals surface area contributed by atoms with E-state index in [1.54, 1.807) is 6.20 Å². The second-order valence-corrected chi connectivity index (χ2v) is 6.67. The van der Waals surface area contributed by atoms with Gasteiger partial charge in [-0.15, -0.1) is 0 Å². The van der Waals surface area contributed by atoms with Gasteiger partial charge < -0.3 is 9.40 Å². The molecule has 0 unspecified atom stereocenters. The third kappa shape index (κ3) is 2.74. The number of nitrogens with zero attached hydrogens (tertiary/aromatic N) is 2. The Morgan fingerprint density at radius 3 is 2.81 bits per heavy atom. The highest BCUT2D eigenvalue weighted by atomic mass is 35.5. The first-order chi connectivity index (χ1) is 12.7. The minimum absolute atomic E-state index is 0.677. The van der Waals surface area contributed by atoms with Gasteiger partial charge in [0.05, 0.1) is 5.52 Å². The van der Waals surface area contributed by atoms with E-state index in [1.165, 1.54) is 0 Å². The fourth-order valence-corrected chi connectivity index (χ4v) is 3.35. The van der Waals surface area contributed by atoms with Gasteiger partial charge >= 0.3 is 0 Å². The zero-order chi connectivity index (χ0) is 17.5. The molecule has 0 saturated carbocycles. The summed E-state index contributed by atoms with van der Waals surface area (Å²) in [5, 5.41) is 1.80. The van der Waals surface area contributed by atoms with Crippen LogP contribution in [0.25, 0.3) is 33.5 Å². The number of halogens is 1. The number of hydrogen-bond donors (Lipinski definition) is 1. The van der Waals surface area contributed by atoms with Gasteiger partial charge in [-0.05, 0) is 35.9 Å². The Balaban J connectivity index is 1.51. The lowest BCUT2D eigenvalue weighted by molar-refractivity contribution is 0.631. The van der Waals surface area contributed by atoms with Gasteiger partial charge in [0, 0.05) is 28.6 Å². The van der Waals surface area contributed by atoms with E-state index < -0.39 is 0 Å². The van der Waals surface area contributed by atoms with Gasteiger partial charge in [-0.25, -0.2) is 9.97 Å². The van der Waals surface area contributed by atoms with E-state index in [0.29, 0.717) is 12.1 Å². The molecule has 0 amide bonds.